The number of benzene rings is 2. The minimum absolute atomic E-state index is 0.184. The number of sulfonamides is 1. The van der Waals surface area contributed by atoms with Crippen molar-refractivity contribution in [2.45, 2.75) is 31.1 Å². The average molecular weight is 435 g/mol. The molecule has 0 bridgehead atoms. The lowest BCUT2D eigenvalue weighted by molar-refractivity contribution is 0.0951. The number of hydrogen-bond acceptors (Lipinski definition) is 4. The third kappa shape index (κ3) is 5.58. The van der Waals surface area contributed by atoms with Gasteiger partial charge in [0.2, 0.25) is 10.0 Å². The van der Waals surface area contributed by atoms with E-state index >= 15 is 0 Å². The number of ether oxygens (including phenoxy) is 1. The van der Waals surface area contributed by atoms with Gasteiger partial charge in [0.1, 0.15) is 0 Å². The minimum atomic E-state index is -3.53. The largest absolute Gasteiger partial charge is 0.490 e. The summed E-state index contributed by atoms with van der Waals surface area (Å²) in [4.78, 5) is 12.5. The van der Waals surface area contributed by atoms with E-state index in [1.54, 1.807) is 18.2 Å². The van der Waals surface area contributed by atoms with Crippen LogP contribution in [-0.2, 0) is 10.0 Å². The first kappa shape index (κ1) is 22.2. The van der Waals surface area contributed by atoms with Crippen molar-refractivity contribution < 1.29 is 22.3 Å². The summed E-state index contributed by atoms with van der Waals surface area (Å²) in [6.45, 7) is 3.82. The molecule has 0 unspecified atom stereocenters. The van der Waals surface area contributed by atoms with E-state index < -0.39 is 15.8 Å². The normalized spacial score (nSPS) is 15.7. The summed E-state index contributed by atoms with van der Waals surface area (Å²) in [7, 11) is -3.53. The number of hydrogen-bond donors (Lipinski definition) is 1. The molecule has 2 aromatic rings. The molecule has 1 heterocycles. The zero-order valence-electron chi connectivity index (χ0n) is 17.0. The molecule has 3 rings (SSSR count). The van der Waals surface area contributed by atoms with E-state index in [2.05, 4.69) is 12.2 Å². The molecule has 1 saturated heterocycles. The van der Waals surface area contributed by atoms with E-state index in [0.717, 1.165) is 12.8 Å². The fourth-order valence-electron chi connectivity index (χ4n) is 3.27. The first-order valence-electron chi connectivity index (χ1n) is 10.1. The van der Waals surface area contributed by atoms with Gasteiger partial charge in [0, 0.05) is 25.2 Å². The van der Waals surface area contributed by atoms with E-state index in [1.807, 2.05) is 0 Å². The second-order valence-corrected chi connectivity index (χ2v) is 9.44. The molecule has 0 spiro atoms. The van der Waals surface area contributed by atoms with Crippen LogP contribution < -0.4 is 10.1 Å². The van der Waals surface area contributed by atoms with Gasteiger partial charge < -0.3 is 10.1 Å². The molecule has 1 N–H and O–H groups in total. The zero-order chi connectivity index (χ0) is 21.6. The summed E-state index contributed by atoms with van der Waals surface area (Å²) in [5.41, 5.74) is 0.385. The van der Waals surface area contributed by atoms with Crippen molar-refractivity contribution in [1.29, 1.82) is 0 Å². The molecule has 0 aromatic heterocycles. The number of para-hydroxylation sites is 1. The van der Waals surface area contributed by atoms with Gasteiger partial charge in [-0.2, -0.15) is 4.31 Å². The summed E-state index contributed by atoms with van der Waals surface area (Å²) in [5, 5.41) is 2.75. The first-order chi connectivity index (χ1) is 14.4. The van der Waals surface area contributed by atoms with Crippen LogP contribution >= 0.6 is 0 Å². The number of rotatable bonds is 8. The molecule has 0 atom stereocenters. The van der Waals surface area contributed by atoms with Crippen LogP contribution in [0, 0.1) is 11.7 Å². The molecule has 6 nitrogen and oxygen atoms in total. The van der Waals surface area contributed by atoms with Crippen LogP contribution in [0.4, 0.5) is 4.39 Å². The Bertz CT molecular complexity index is 955. The van der Waals surface area contributed by atoms with Crippen molar-refractivity contribution in [3.05, 3.63) is 59.9 Å². The van der Waals surface area contributed by atoms with Gasteiger partial charge >= 0.3 is 0 Å². The topological polar surface area (TPSA) is 75.7 Å². The van der Waals surface area contributed by atoms with Crippen LogP contribution in [0.1, 0.15) is 36.5 Å². The predicted molar refractivity (Wildman–Crippen MR) is 112 cm³/mol. The van der Waals surface area contributed by atoms with Gasteiger partial charge in [0.25, 0.3) is 5.91 Å². The molecule has 0 radical (unpaired) electrons. The molecular formula is C22H27FN2O4S. The van der Waals surface area contributed by atoms with Crippen molar-refractivity contribution in [2.75, 3.05) is 26.2 Å². The van der Waals surface area contributed by atoms with Crippen LogP contribution in [0.2, 0.25) is 0 Å². The highest BCUT2D eigenvalue weighted by molar-refractivity contribution is 7.89. The van der Waals surface area contributed by atoms with Crippen molar-refractivity contribution in [1.82, 2.24) is 9.62 Å². The lowest BCUT2D eigenvalue weighted by Gasteiger charge is -2.29. The minimum Gasteiger partial charge on any atom is -0.490 e. The van der Waals surface area contributed by atoms with Gasteiger partial charge in [0.15, 0.2) is 11.6 Å². The van der Waals surface area contributed by atoms with Crippen LogP contribution in [0.3, 0.4) is 0 Å². The number of nitrogens with zero attached hydrogens (tertiary/aromatic N) is 1. The summed E-state index contributed by atoms with van der Waals surface area (Å²) >= 11 is 0. The summed E-state index contributed by atoms with van der Waals surface area (Å²) in [5.74, 6) is 0.00991. The fourth-order valence-corrected chi connectivity index (χ4v) is 4.74. The van der Waals surface area contributed by atoms with Gasteiger partial charge in [-0.25, -0.2) is 12.8 Å². The molecule has 1 amide bonds. The number of carbonyl (C=O) groups excluding carboxylic acids is 1. The molecule has 30 heavy (non-hydrogen) atoms. The van der Waals surface area contributed by atoms with E-state index in [4.69, 9.17) is 4.74 Å². The second-order valence-electron chi connectivity index (χ2n) is 7.50. The molecular weight excluding hydrogens is 407 g/mol. The average Bonchev–Trinajstić information content (AvgIpc) is 2.75. The number of piperidine rings is 1. The predicted octanol–water partition coefficient (Wildman–Crippen LogP) is 3.45. The molecule has 8 heteroatoms. The molecule has 1 aliphatic rings. The smallest absolute Gasteiger partial charge is 0.251 e. The summed E-state index contributed by atoms with van der Waals surface area (Å²) in [6.07, 6.45) is 2.24. The monoisotopic (exact) mass is 434 g/mol. The Kier molecular flexibility index (Phi) is 7.44. The highest BCUT2D eigenvalue weighted by Crippen LogP contribution is 2.23. The maximum Gasteiger partial charge on any atom is 0.251 e. The highest BCUT2D eigenvalue weighted by Gasteiger charge is 2.28. The molecule has 1 fully saturated rings. The maximum absolute atomic E-state index is 13.5. The van der Waals surface area contributed by atoms with E-state index in [1.165, 1.54) is 34.6 Å². The third-order valence-corrected chi connectivity index (χ3v) is 7.11. The van der Waals surface area contributed by atoms with E-state index in [-0.39, 0.29) is 23.2 Å². The Morgan fingerprint density at radius 2 is 1.80 bits per heavy atom. The summed E-state index contributed by atoms with van der Waals surface area (Å²) in [6, 6.07) is 12.1. The van der Waals surface area contributed by atoms with Crippen LogP contribution in [0.5, 0.6) is 5.75 Å². The van der Waals surface area contributed by atoms with Crippen molar-refractivity contribution in [2.24, 2.45) is 5.92 Å². The van der Waals surface area contributed by atoms with Crippen molar-refractivity contribution in [3.8, 4) is 5.75 Å². The molecule has 2 aromatic carbocycles. The molecule has 0 aliphatic carbocycles. The lowest BCUT2D eigenvalue weighted by Crippen LogP contribution is -2.37. The Morgan fingerprint density at radius 3 is 2.47 bits per heavy atom. The van der Waals surface area contributed by atoms with Crippen molar-refractivity contribution >= 4 is 15.9 Å². The third-order valence-electron chi connectivity index (χ3n) is 5.20. The number of amides is 1. The van der Waals surface area contributed by atoms with Gasteiger partial charge in [-0.15, -0.1) is 0 Å². The fraction of sp³-hybridized carbons (Fsp3) is 0.409. The summed E-state index contributed by atoms with van der Waals surface area (Å²) < 4.78 is 45.8. The standard InChI is InChI=1S/C22H27FN2O4S/c1-17-11-14-25(15-12-17)30(27,28)19-9-7-18(8-10-19)22(26)24-13-4-16-29-21-6-3-2-5-20(21)23/h2-3,5-10,17H,4,11-16H2,1H3,(H,24,26). The SMILES string of the molecule is CC1CCN(S(=O)(=O)c2ccc(C(=O)NCCCOc3ccccc3F)cc2)CC1. The molecule has 0 saturated carbocycles. The Hall–Kier alpha value is -2.45. The van der Waals surface area contributed by atoms with Crippen molar-refractivity contribution in [3.63, 3.8) is 0 Å². The van der Waals surface area contributed by atoms with E-state index in [0.29, 0.717) is 37.5 Å². The first-order valence-corrected chi connectivity index (χ1v) is 11.6. The van der Waals surface area contributed by atoms with Crippen LogP contribution in [0.15, 0.2) is 53.4 Å². The Labute approximate surface area is 177 Å². The van der Waals surface area contributed by atoms with Crippen LogP contribution in [-0.4, -0.2) is 44.9 Å². The number of halogens is 1. The van der Waals surface area contributed by atoms with Gasteiger partial charge in [0.05, 0.1) is 11.5 Å². The van der Waals surface area contributed by atoms with Crippen LogP contribution in [0.25, 0.3) is 0 Å². The van der Waals surface area contributed by atoms with Gasteiger partial charge in [-0.3, -0.25) is 4.79 Å². The molecule has 1 aliphatic heterocycles. The number of nitrogens with one attached hydrogen (secondary N) is 1. The Morgan fingerprint density at radius 1 is 1.13 bits per heavy atom. The highest BCUT2D eigenvalue weighted by atomic mass is 32.2. The van der Waals surface area contributed by atoms with Gasteiger partial charge in [-0.05, 0) is 61.6 Å². The molecule has 162 valence electrons. The maximum atomic E-state index is 13.5. The second kappa shape index (κ2) is 10.0. The lowest BCUT2D eigenvalue weighted by atomic mass is 10.0. The quantitative estimate of drug-likeness (QED) is 0.646. The van der Waals surface area contributed by atoms with E-state index in [9.17, 15) is 17.6 Å². The van der Waals surface area contributed by atoms with Gasteiger partial charge in [-0.1, -0.05) is 19.1 Å². The number of carbonyl (C=O) groups is 1. The Balaban J connectivity index is 1.47. The zero-order valence-corrected chi connectivity index (χ0v) is 17.8.